The fraction of sp³-hybridized carbons (Fsp3) is 0.286. The van der Waals surface area contributed by atoms with Gasteiger partial charge in [-0.3, -0.25) is 0 Å². The van der Waals surface area contributed by atoms with E-state index in [2.05, 4.69) is 47.1 Å². The number of nitrogen functional groups attached to an aromatic ring is 1. The van der Waals surface area contributed by atoms with Crippen LogP contribution in [0.4, 0.5) is 0 Å². The van der Waals surface area contributed by atoms with Crippen molar-refractivity contribution in [3.63, 3.8) is 0 Å². The Kier molecular flexibility index (Phi) is 6.39. The second kappa shape index (κ2) is 9.62. The molecule has 6 nitrogen and oxygen atoms in total. The molecule has 4 aromatic rings. The van der Waals surface area contributed by atoms with Crippen molar-refractivity contribution in [1.82, 2.24) is 24.7 Å². The number of benzene rings is 2. The zero-order chi connectivity index (χ0) is 24.5. The van der Waals surface area contributed by atoms with E-state index in [1.165, 1.54) is 23.3 Å². The highest BCUT2D eigenvalue weighted by Gasteiger charge is 2.20. The maximum absolute atomic E-state index is 6.67. The van der Waals surface area contributed by atoms with Crippen LogP contribution in [0.1, 0.15) is 31.7 Å². The predicted molar refractivity (Wildman–Crippen MR) is 146 cm³/mol. The van der Waals surface area contributed by atoms with E-state index in [0.29, 0.717) is 5.02 Å². The standard InChI is InChI=1S/C28H31ClN6/c1-4-5-6-19(2)33-11-13-34(14-12-33)20(3)21-7-9-24-25(29)17-26(32-27(24)16-21)22-8-10-28-23(15-22)18-31-35(28)30/h7-10,15-18H,2-6,11-14,30H2,1H3. The third-order valence-electron chi connectivity index (χ3n) is 6.91. The van der Waals surface area contributed by atoms with Gasteiger partial charge in [-0.1, -0.05) is 56.3 Å². The van der Waals surface area contributed by atoms with E-state index in [-0.39, 0.29) is 0 Å². The van der Waals surface area contributed by atoms with Crippen molar-refractivity contribution in [2.75, 3.05) is 32.0 Å². The molecule has 2 aromatic carbocycles. The van der Waals surface area contributed by atoms with Gasteiger partial charge >= 0.3 is 0 Å². The quantitative estimate of drug-likeness (QED) is 0.329. The van der Waals surface area contributed by atoms with Gasteiger partial charge in [-0.05, 0) is 42.7 Å². The Morgan fingerprint density at radius 2 is 1.80 bits per heavy atom. The third kappa shape index (κ3) is 4.58. The van der Waals surface area contributed by atoms with Crippen LogP contribution in [0.15, 0.2) is 67.5 Å². The van der Waals surface area contributed by atoms with Crippen molar-refractivity contribution in [2.45, 2.75) is 26.2 Å². The number of pyridine rings is 1. The van der Waals surface area contributed by atoms with E-state index < -0.39 is 0 Å². The summed E-state index contributed by atoms with van der Waals surface area (Å²) in [6, 6.07) is 14.1. The maximum atomic E-state index is 6.67. The fourth-order valence-corrected chi connectivity index (χ4v) is 5.00. The Hall–Kier alpha value is -3.51. The lowest BCUT2D eigenvalue weighted by molar-refractivity contribution is 0.209. The van der Waals surface area contributed by atoms with Crippen molar-refractivity contribution in [3.8, 4) is 11.3 Å². The minimum Gasteiger partial charge on any atom is -0.372 e. The summed E-state index contributed by atoms with van der Waals surface area (Å²) in [7, 11) is 0. The first-order chi connectivity index (χ1) is 16.9. The number of allylic oxidation sites excluding steroid dienone is 1. The van der Waals surface area contributed by atoms with Gasteiger partial charge < -0.3 is 15.6 Å². The van der Waals surface area contributed by atoms with Gasteiger partial charge in [0.05, 0.1) is 27.9 Å². The fourth-order valence-electron chi connectivity index (χ4n) is 4.74. The highest BCUT2D eigenvalue weighted by molar-refractivity contribution is 6.35. The average Bonchev–Trinajstić information content (AvgIpc) is 3.26. The lowest BCUT2D eigenvalue weighted by Gasteiger charge is -2.39. The number of nitrogens with zero attached hydrogens (tertiary/aromatic N) is 5. The van der Waals surface area contributed by atoms with Gasteiger partial charge in [0.15, 0.2) is 0 Å². The third-order valence-corrected chi connectivity index (χ3v) is 7.22. The van der Waals surface area contributed by atoms with Crippen LogP contribution in [0.2, 0.25) is 5.02 Å². The van der Waals surface area contributed by atoms with Crippen LogP contribution >= 0.6 is 11.6 Å². The smallest absolute Gasteiger partial charge is 0.0916 e. The molecule has 3 heterocycles. The molecule has 0 aliphatic carbocycles. The first-order valence-electron chi connectivity index (χ1n) is 12.1. The highest BCUT2D eigenvalue weighted by Crippen LogP contribution is 2.32. The summed E-state index contributed by atoms with van der Waals surface area (Å²) in [5.74, 6) is 5.86. The molecule has 2 aromatic heterocycles. The van der Waals surface area contributed by atoms with Crippen LogP contribution in [0.25, 0.3) is 38.8 Å². The maximum Gasteiger partial charge on any atom is 0.0916 e. The molecule has 180 valence electrons. The number of piperazine rings is 1. The van der Waals surface area contributed by atoms with Crippen LogP contribution < -0.4 is 5.84 Å². The lowest BCUT2D eigenvalue weighted by atomic mass is 10.0. The molecule has 0 bridgehead atoms. The number of rotatable bonds is 7. The molecule has 7 heteroatoms. The van der Waals surface area contributed by atoms with E-state index in [0.717, 1.165) is 76.9 Å². The van der Waals surface area contributed by atoms with Crippen LogP contribution in [-0.2, 0) is 0 Å². The van der Waals surface area contributed by atoms with Crippen molar-refractivity contribution in [1.29, 1.82) is 0 Å². The molecule has 35 heavy (non-hydrogen) atoms. The van der Waals surface area contributed by atoms with Crippen molar-refractivity contribution >= 4 is 39.1 Å². The SMILES string of the molecule is C=C(CCCC)N1CCN(C(=C)c2ccc3c(Cl)cc(-c4ccc5c(cnn5N)c4)nc3c2)CC1. The molecular formula is C28H31ClN6. The molecule has 1 aliphatic rings. The molecular weight excluding hydrogens is 456 g/mol. The first-order valence-corrected chi connectivity index (χ1v) is 12.5. The minimum atomic E-state index is 0.677. The molecule has 2 N–H and O–H groups in total. The second-order valence-corrected chi connectivity index (χ2v) is 9.58. The topological polar surface area (TPSA) is 63.2 Å². The molecule has 0 atom stereocenters. The minimum absolute atomic E-state index is 0.677. The summed E-state index contributed by atoms with van der Waals surface area (Å²) in [5, 5.41) is 6.69. The van der Waals surface area contributed by atoms with Crippen molar-refractivity contribution in [2.24, 2.45) is 0 Å². The molecule has 0 saturated carbocycles. The molecule has 5 rings (SSSR count). The normalized spacial score (nSPS) is 14.1. The Morgan fingerprint density at radius 3 is 2.57 bits per heavy atom. The number of hydrogen-bond acceptors (Lipinski definition) is 5. The van der Waals surface area contributed by atoms with Crippen LogP contribution in [-0.4, -0.2) is 50.9 Å². The summed E-state index contributed by atoms with van der Waals surface area (Å²) >= 11 is 6.67. The van der Waals surface area contributed by atoms with Gasteiger partial charge in [-0.25, -0.2) is 4.98 Å². The lowest BCUT2D eigenvalue weighted by Crippen LogP contribution is -2.44. The van der Waals surface area contributed by atoms with Crippen LogP contribution in [0.5, 0.6) is 0 Å². The number of nitrogens with two attached hydrogens (primary N) is 1. The molecule has 0 amide bonds. The van der Waals surface area contributed by atoms with E-state index >= 15 is 0 Å². The van der Waals surface area contributed by atoms with Gasteiger partial charge in [-0.15, -0.1) is 0 Å². The first kappa shape index (κ1) is 23.2. The molecule has 0 spiro atoms. The molecule has 1 fully saturated rings. The monoisotopic (exact) mass is 486 g/mol. The van der Waals surface area contributed by atoms with Gasteiger partial charge in [0, 0.05) is 53.9 Å². The molecule has 0 radical (unpaired) electrons. The average molecular weight is 487 g/mol. The Labute approximate surface area is 211 Å². The Balaban J connectivity index is 1.38. The number of hydrogen-bond donors (Lipinski definition) is 1. The summed E-state index contributed by atoms with van der Waals surface area (Å²) in [4.78, 5) is 11.1. The van der Waals surface area contributed by atoms with Crippen molar-refractivity contribution in [3.05, 3.63) is 78.1 Å². The number of aromatic nitrogens is 3. The number of fused-ring (bicyclic) bond motifs is 2. The van der Waals surface area contributed by atoms with Crippen LogP contribution in [0.3, 0.4) is 0 Å². The predicted octanol–water partition coefficient (Wildman–Crippen LogP) is 5.91. The summed E-state index contributed by atoms with van der Waals surface area (Å²) in [5.41, 5.74) is 6.85. The summed E-state index contributed by atoms with van der Waals surface area (Å²) in [6.07, 6.45) is 5.23. The molecule has 0 unspecified atom stereocenters. The number of unbranched alkanes of at least 4 members (excludes halogenated alkanes) is 1. The molecule has 1 saturated heterocycles. The van der Waals surface area contributed by atoms with Gasteiger partial charge in [0.2, 0.25) is 0 Å². The van der Waals surface area contributed by atoms with E-state index in [1.807, 2.05) is 30.3 Å². The van der Waals surface area contributed by atoms with E-state index in [4.69, 9.17) is 22.4 Å². The van der Waals surface area contributed by atoms with Gasteiger partial charge in [-0.2, -0.15) is 9.89 Å². The van der Waals surface area contributed by atoms with E-state index in [9.17, 15) is 0 Å². The van der Waals surface area contributed by atoms with Gasteiger partial charge in [0.25, 0.3) is 0 Å². The zero-order valence-corrected chi connectivity index (χ0v) is 20.9. The largest absolute Gasteiger partial charge is 0.372 e. The van der Waals surface area contributed by atoms with Crippen LogP contribution in [0, 0.1) is 0 Å². The summed E-state index contributed by atoms with van der Waals surface area (Å²) in [6.45, 7) is 14.8. The molecule has 1 aliphatic heterocycles. The second-order valence-electron chi connectivity index (χ2n) is 9.17. The Bertz CT molecular complexity index is 1410. The zero-order valence-electron chi connectivity index (χ0n) is 20.2. The highest BCUT2D eigenvalue weighted by atomic mass is 35.5. The van der Waals surface area contributed by atoms with Gasteiger partial charge in [0.1, 0.15) is 0 Å². The number of halogens is 1. The van der Waals surface area contributed by atoms with Crippen molar-refractivity contribution < 1.29 is 0 Å². The summed E-state index contributed by atoms with van der Waals surface area (Å²) < 4.78 is 0. The van der Waals surface area contributed by atoms with E-state index in [1.54, 1.807) is 6.20 Å². The Morgan fingerprint density at radius 1 is 1.03 bits per heavy atom.